The molecule has 0 bridgehead atoms. The number of benzene rings is 2. The SMILES string of the molecule is Cc1ccc(NC2CC(N)c3ccccc32)cc1C. The minimum absolute atomic E-state index is 0.153. The molecule has 0 radical (unpaired) electrons. The summed E-state index contributed by atoms with van der Waals surface area (Å²) in [5.41, 5.74) is 12.7. The smallest absolute Gasteiger partial charge is 0.0535 e. The van der Waals surface area contributed by atoms with Crippen LogP contribution in [0.5, 0.6) is 0 Å². The molecule has 2 nitrogen and oxygen atoms in total. The molecule has 2 atom stereocenters. The van der Waals surface area contributed by atoms with Crippen LogP contribution in [0.2, 0.25) is 0 Å². The summed E-state index contributed by atoms with van der Waals surface area (Å²) in [7, 11) is 0. The van der Waals surface area contributed by atoms with Gasteiger partial charge in [-0.3, -0.25) is 0 Å². The maximum atomic E-state index is 6.20. The molecule has 3 N–H and O–H groups in total. The second kappa shape index (κ2) is 4.71. The summed E-state index contributed by atoms with van der Waals surface area (Å²) in [4.78, 5) is 0. The molecule has 3 rings (SSSR count). The van der Waals surface area contributed by atoms with Crippen molar-refractivity contribution in [1.29, 1.82) is 0 Å². The Kier molecular flexibility index (Phi) is 3.03. The summed E-state index contributed by atoms with van der Waals surface area (Å²) in [6.45, 7) is 4.29. The molecular weight excluding hydrogens is 232 g/mol. The lowest BCUT2D eigenvalue weighted by Gasteiger charge is -2.16. The van der Waals surface area contributed by atoms with Gasteiger partial charge in [-0.1, -0.05) is 30.3 Å². The van der Waals surface area contributed by atoms with Crippen molar-refractivity contribution in [3.8, 4) is 0 Å². The molecule has 19 heavy (non-hydrogen) atoms. The van der Waals surface area contributed by atoms with Crippen LogP contribution in [0.15, 0.2) is 42.5 Å². The van der Waals surface area contributed by atoms with E-state index in [-0.39, 0.29) is 6.04 Å². The molecule has 2 aromatic rings. The monoisotopic (exact) mass is 252 g/mol. The third-order valence-electron chi connectivity index (χ3n) is 4.11. The lowest BCUT2D eigenvalue weighted by atomic mass is 10.1. The van der Waals surface area contributed by atoms with Gasteiger partial charge < -0.3 is 11.1 Å². The number of nitrogens with two attached hydrogens (primary N) is 1. The van der Waals surface area contributed by atoms with Gasteiger partial charge in [-0.25, -0.2) is 0 Å². The van der Waals surface area contributed by atoms with Crippen LogP contribution < -0.4 is 11.1 Å². The topological polar surface area (TPSA) is 38.0 Å². The Labute approximate surface area is 114 Å². The van der Waals surface area contributed by atoms with Crippen molar-refractivity contribution in [1.82, 2.24) is 0 Å². The average molecular weight is 252 g/mol. The molecule has 0 aliphatic heterocycles. The van der Waals surface area contributed by atoms with E-state index in [4.69, 9.17) is 5.73 Å². The van der Waals surface area contributed by atoms with Crippen LogP contribution in [0.3, 0.4) is 0 Å². The summed E-state index contributed by atoms with van der Waals surface area (Å²) in [5, 5.41) is 3.62. The molecule has 2 heteroatoms. The first-order chi connectivity index (χ1) is 9.15. The maximum Gasteiger partial charge on any atom is 0.0535 e. The van der Waals surface area contributed by atoms with Gasteiger partial charge >= 0.3 is 0 Å². The lowest BCUT2D eigenvalue weighted by Crippen LogP contribution is -2.10. The van der Waals surface area contributed by atoms with Crippen LogP contribution in [-0.2, 0) is 0 Å². The average Bonchev–Trinajstić information content (AvgIpc) is 2.72. The van der Waals surface area contributed by atoms with Gasteiger partial charge in [0, 0.05) is 11.7 Å². The zero-order valence-corrected chi connectivity index (χ0v) is 11.5. The molecule has 1 aliphatic rings. The van der Waals surface area contributed by atoms with E-state index in [0.29, 0.717) is 6.04 Å². The fourth-order valence-electron chi connectivity index (χ4n) is 2.84. The molecule has 0 fully saturated rings. The van der Waals surface area contributed by atoms with Crippen LogP contribution in [0.4, 0.5) is 5.69 Å². The highest BCUT2D eigenvalue weighted by Gasteiger charge is 2.27. The Balaban J connectivity index is 1.87. The number of nitrogens with one attached hydrogen (secondary N) is 1. The molecular formula is C17H20N2. The number of fused-ring (bicyclic) bond motifs is 1. The molecule has 2 aromatic carbocycles. The largest absolute Gasteiger partial charge is 0.378 e. The van der Waals surface area contributed by atoms with E-state index in [1.165, 1.54) is 27.9 Å². The molecule has 0 heterocycles. The second-order valence-electron chi connectivity index (χ2n) is 5.47. The fourth-order valence-corrected chi connectivity index (χ4v) is 2.84. The van der Waals surface area contributed by atoms with Gasteiger partial charge in [0.05, 0.1) is 6.04 Å². The zero-order valence-electron chi connectivity index (χ0n) is 11.5. The van der Waals surface area contributed by atoms with Gasteiger partial charge in [-0.05, 0) is 54.7 Å². The summed E-state index contributed by atoms with van der Waals surface area (Å²) in [6.07, 6.45) is 0.965. The number of aryl methyl sites for hydroxylation is 2. The van der Waals surface area contributed by atoms with Crippen LogP contribution in [0.1, 0.15) is 40.8 Å². The summed E-state index contributed by atoms with van der Waals surface area (Å²) < 4.78 is 0. The van der Waals surface area contributed by atoms with Crippen molar-refractivity contribution < 1.29 is 0 Å². The zero-order chi connectivity index (χ0) is 13.4. The Morgan fingerprint density at radius 2 is 1.74 bits per heavy atom. The minimum Gasteiger partial charge on any atom is -0.378 e. The van der Waals surface area contributed by atoms with E-state index in [0.717, 1.165) is 6.42 Å². The standard InChI is InChI=1S/C17H20N2/c1-11-7-8-13(9-12(11)2)19-17-10-16(18)14-5-3-4-6-15(14)17/h3-9,16-17,19H,10,18H2,1-2H3. The first-order valence-electron chi connectivity index (χ1n) is 6.83. The van der Waals surface area contributed by atoms with E-state index in [1.54, 1.807) is 0 Å². The van der Waals surface area contributed by atoms with Crippen LogP contribution >= 0.6 is 0 Å². The minimum atomic E-state index is 0.153. The first kappa shape index (κ1) is 12.2. The van der Waals surface area contributed by atoms with Crippen molar-refractivity contribution >= 4 is 5.69 Å². The predicted octanol–water partition coefficient (Wildman–Crippen LogP) is 3.86. The highest BCUT2D eigenvalue weighted by molar-refractivity contribution is 5.52. The van der Waals surface area contributed by atoms with Gasteiger partial charge in [-0.2, -0.15) is 0 Å². The van der Waals surface area contributed by atoms with Crippen molar-refractivity contribution in [3.05, 3.63) is 64.7 Å². The highest BCUT2D eigenvalue weighted by atomic mass is 14.9. The van der Waals surface area contributed by atoms with Gasteiger partial charge in [-0.15, -0.1) is 0 Å². The van der Waals surface area contributed by atoms with E-state index < -0.39 is 0 Å². The fraction of sp³-hybridized carbons (Fsp3) is 0.294. The molecule has 0 spiro atoms. The molecule has 0 saturated heterocycles. The van der Waals surface area contributed by atoms with Crippen molar-refractivity contribution in [2.75, 3.05) is 5.32 Å². The second-order valence-corrected chi connectivity index (χ2v) is 5.47. The maximum absolute atomic E-state index is 6.20. The van der Waals surface area contributed by atoms with Crippen LogP contribution in [0.25, 0.3) is 0 Å². The predicted molar refractivity (Wildman–Crippen MR) is 80.3 cm³/mol. The number of hydrogen-bond donors (Lipinski definition) is 2. The van der Waals surface area contributed by atoms with Crippen molar-refractivity contribution in [2.45, 2.75) is 32.4 Å². The third kappa shape index (κ3) is 2.24. The van der Waals surface area contributed by atoms with Gasteiger partial charge in [0.2, 0.25) is 0 Å². The van der Waals surface area contributed by atoms with Crippen LogP contribution in [0, 0.1) is 13.8 Å². The molecule has 1 aliphatic carbocycles. The third-order valence-corrected chi connectivity index (χ3v) is 4.11. The van der Waals surface area contributed by atoms with Crippen molar-refractivity contribution in [2.24, 2.45) is 5.73 Å². The normalized spacial score (nSPS) is 21.2. The highest BCUT2D eigenvalue weighted by Crippen LogP contribution is 2.39. The van der Waals surface area contributed by atoms with Gasteiger partial charge in [0.15, 0.2) is 0 Å². The first-order valence-corrected chi connectivity index (χ1v) is 6.83. The van der Waals surface area contributed by atoms with E-state index in [2.05, 4.69) is 61.6 Å². The molecule has 0 aromatic heterocycles. The Morgan fingerprint density at radius 1 is 1.00 bits per heavy atom. The van der Waals surface area contributed by atoms with Gasteiger partial charge in [0.1, 0.15) is 0 Å². The molecule has 2 unspecified atom stereocenters. The van der Waals surface area contributed by atoms with Crippen LogP contribution in [-0.4, -0.2) is 0 Å². The summed E-state index contributed by atoms with van der Waals surface area (Å²) in [5.74, 6) is 0. The van der Waals surface area contributed by atoms with Crippen molar-refractivity contribution in [3.63, 3.8) is 0 Å². The Bertz CT molecular complexity index is 604. The summed E-state index contributed by atoms with van der Waals surface area (Å²) >= 11 is 0. The molecule has 0 saturated carbocycles. The molecule has 98 valence electrons. The lowest BCUT2D eigenvalue weighted by molar-refractivity contribution is 0.648. The van der Waals surface area contributed by atoms with E-state index in [9.17, 15) is 0 Å². The Hall–Kier alpha value is -1.80. The van der Waals surface area contributed by atoms with E-state index in [1.807, 2.05) is 0 Å². The Morgan fingerprint density at radius 3 is 2.47 bits per heavy atom. The van der Waals surface area contributed by atoms with Gasteiger partial charge in [0.25, 0.3) is 0 Å². The molecule has 0 amide bonds. The quantitative estimate of drug-likeness (QED) is 0.851. The summed E-state index contributed by atoms with van der Waals surface area (Å²) in [6, 6.07) is 15.5. The number of rotatable bonds is 2. The van der Waals surface area contributed by atoms with E-state index >= 15 is 0 Å². The number of hydrogen-bond acceptors (Lipinski definition) is 2. The number of anilines is 1.